The van der Waals surface area contributed by atoms with Crippen LogP contribution in [0.3, 0.4) is 0 Å². The molecule has 1 saturated heterocycles. The quantitative estimate of drug-likeness (QED) is 0.778. The summed E-state index contributed by atoms with van der Waals surface area (Å²) in [5, 5.41) is 10.4. The van der Waals surface area contributed by atoms with Crippen molar-refractivity contribution in [2.24, 2.45) is 5.73 Å². The second-order valence-electron chi connectivity index (χ2n) is 4.76. The second-order valence-corrected chi connectivity index (χ2v) is 4.76. The molecule has 1 heterocycles. The van der Waals surface area contributed by atoms with Crippen molar-refractivity contribution in [2.45, 2.75) is 25.1 Å². The van der Waals surface area contributed by atoms with Crippen molar-refractivity contribution in [3.8, 4) is 5.75 Å². The van der Waals surface area contributed by atoms with Gasteiger partial charge in [0.2, 0.25) is 5.91 Å². The number of hydrogen-bond acceptors (Lipinski definition) is 4. The third-order valence-corrected chi connectivity index (χ3v) is 2.97. The van der Waals surface area contributed by atoms with Gasteiger partial charge in [-0.2, -0.15) is 13.2 Å². The molecule has 128 valence electrons. The van der Waals surface area contributed by atoms with Crippen LogP contribution in [-0.4, -0.2) is 42.4 Å². The highest BCUT2D eigenvalue weighted by molar-refractivity contribution is 5.92. The fourth-order valence-electron chi connectivity index (χ4n) is 1.80. The summed E-state index contributed by atoms with van der Waals surface area (Å²) in [6, 6.07) is 6.97. The molecule has 0 radical (unpaired) electrons. The van der Waals surface area contributed by atoms with E-state index < -0.39 is 18.1 Å². The van der Waals surface area contributed by atoms with E-state index in [2.05, 4.69) is 5.32 Å². The van der Waals surface area contributed by atoms with Gasteiger partial charge in [-0.15, -0.1) is 0 Å². The molecule has 23 heavy (non-hydrogen) atoms. The molecule has 1 amide bonds. The van der Waals surface area contributed by atoms with Gasteiger partial charge in [0, 0.05) is 5.56 Å². The minimum atomic E-state index is -5.08. The number of alkyl halides is 3. The van der Waals surface area contributed by atoms with E-state index in [1.165, 1.54) is 0 Å². The lowest BCUT2D eigenvalue weighted by molar-refractivity contribution is -0.192. The van der Waals surface area contributed by atoms with Crippen molar-refractivity contribution in [1.29, 1.82) is 0 Å². The molecule has 0 bridgehead atoms. The zero-order valence-corrected chi connectivity index (χ0v) is 12.1. The van der Waals surface area contributed by atoms with Crippen LogP contribution in [0.25, 0.3) is 0 Å². The summed E-state index contributed by atoms with van der Waals surface area (Å²) in [4.78, 5) is 19.8. The van der Waals surface area contributed by atoms with Gasteiger partial charge in [-0.25, -0.2) is 4.79 Å². The largest absolute Gasteiger partial charge is 0.490 e. The first-order chi connectivity index (χ1) is 10.7. The molecule has 0 atom stereocenters. The van der Waals surface area contributed by atoms with Gasteiger partial charge < -0.3 is 20.9 Å². The van der Waals surface area contributed by atoms with Gasteiger partial charge in [0.25, 0.3) is 0 Å². The lowest BCUT2D eigenvalue weighted by atomic mass is 10.1. The number of aliphatic carboxylic acids is 1. The van der Waals surface area contributed by atoms with Crippen LogP contribution >= 0.6 is 0 Å². The molecule has 6 nitrogen and oxygen atoms in total. The highest BCUT2D eigenvalue weighted by Gasteiger charge is 2.38. The van der Waals surface area contributed by atoms with Crippen molar-refractivity contribution in [3.63, 3.8) is 0 Å². The molecule has 9 heteroatoms. The van der Waals surface area contributed by atoms with Crippen molar-refractivity contribution >= 4 is 11.9 Å². The number of carbonyl (C=O) groups excluding carboxylic acids is 1. The molecule has 1 aliphatic rings. The Labute approximate surface area is 130 Å². The van der Waals surface area contributed by atoms with E-state index >= 15 is 0 Å². The number of nitrogens with two attached hydrogens (primary N) is 1. The van der Waals surface area contributed by atoms with Crippen LogP contribution in [-0.2, 0) is 4.79 Å². The van der Waals surface area contributed by atoms with Crippen molar-refractivity contribution in [2.75, 3.05) is 13.1 Å². The zero-order valence-electron chi connectivity index (χ0n) is 12.1. The topological polar surface area (TPSA) is 102 Å². The van der Waals surface area contributed by atoms with E-state index in [0.29, 0.717) is 5.56 Å². The molecule has 1 aliphatic heterocycles. The number of primary amides is 1. The van der Waals surface area contributed by atoms with E-state index in [-0.39, 0.29) is 6.10 Å². The molecule has 0 saturated carbocycles. The van der Waals surface area contributed by atoms with Gasteiger partial charge >= 0.3 is 12.1 Å². The summed E-state index contributed by atoms with van der Waals surface area (Å²) in [5.74, 6) is -2.36. The van der Waals surface area contributed by atoms with Gasteiger partial charge in [-0.3, -0.25) is 4.79 Å². The fraction of sp³-hybridized carbons (Fsp3) is 0.429. The molecule has 4 N–H and O–H groups in total. The number of ether oxygens (including phenoxy) is 1. The Morgan fingerprint density at radius 2 is 1.65 bits per heavy atom. The van der Waals surface area contributed by atoms with Crippen LogP contribution < -0.4 is 15.8 Å². The van der Waals surface area contributed by atoms with Crippen molar-refractivity contribution < 1.29 is 32.6 Å². The molecular weight excluding hydrogens is 317 g/mol. The van der Waals surface area contributed by atoms with Gasteiger partial charge in [-0.05, 0) is 50.2 Å². The average molecular weight is 334 g/mol. The number of carbonyl (C=O) groups is 2. The molecule has 2 rings (SSSR count). The third-order valence-electron chi connectivity index (χ3n) is 2.97. The molecule has 1 aromatic carbocycles. The first-order valence-corrected chi connectivity index (χ1v) is 6.77. The Hall–Kier alpha value is -2.29. The van der Waals surface area contributed by atoms with Gasteiger partial charge in [0.1, 0.15) is 11.9 Å². The number of carboxylic acids is 1. The molecular formula is C14H17F3N2O4. The van der Waals surface area contributed by atoms with Crippen LogP contribution in [0.2, 0.25) is 0 Å². The summed E-state index contributed by atoms with van der Waals surface area (Å²) in [6.45, 7) is 2.01. The summed E-state index contributed by atoms with van der Waals surface area (Å²) in [7, 11) is 0. The second kappa shape index (κ2) is 8.37. The SMILES string of the molecule is NC(=O)c1ccc(OC2CCNCC2)cc1.O=C(O)C(F)(F)F. The Morgan fingerprint density at radius 3 is 2.04 bits per heavy atom. The molecule has 0 aromatic heterocycles. The Bertz CT molecular complexity index is 526. The summed E-state index contributed by atoms with van der Waals surface area (Å²) < 4.78 is 37.5. The number of halogens is 3. The number of amides is 1. The van der Waals surface area contributed by atoms with Gasteiger partial charge in [0.05, 0.1) is 0 Å². The average Bonchev–Trinajstić information content (AvgIpc) is 2.48. The molecule has 1 fully saturated rings. The standard InChI is InChI=1S/C12H16N2O2.C2HF3O2/c13-12(15)9-1-3-10(4-2-9)16-11-5-7-14-8-6-11;3-2(4,5)1(6)7/h1-4,11,14H,5-8H2,(H2,13,15);(H,6,7). The number of hydrogen-bond donors (Lipinski definition) is 3. The van der Waals surface area contributed by atoms with E-state index in [9.17, 15) is 18.0 Å². The highest BCUT2D eigenvalue weighted by Crippen LogP contribution is 2.17. The Morgan fingerprint density at radius 1 is 1.17 bits per heavy atom. The summed E-state index contributed by atoms with van der Waals surface area (Å²) in [6.07, 6.45) is -2.75. The fourth-order valence-corrected chi connectivity index (χ4v) is 1.80. The maximum atomic E-state index is 10.9. The first kappa shape index (κ1) is 18.8. The Kier molecular flexibility index (Phi) is 6.83. The minimum Gasteiger partial charge on any atom is -0.490 e. The number of benzene rings is 1. The molecule has 0 spiro atoms. The summed E-state index contributed by atoms with van der Waals surface area (Å²) in [5.41, 5.74) is 5.67. The van der Waals surface area contributed by atoms with Crippen molar-refractivity contribution in [1.82, 2.24) is 5.32 Å². The number of rotatable bonds is 3. The van der Waals surface area contributed by atoms with Crippen LogP contribution in [0.1, 0.15) is 23.2 Å². The highest BCUT2D eigenvalue weighted by atomic mass is 19.4. The van der Waals surface area contributed by atoms with E-state index in [1.54, 1.807) is 24.3 Å². The predicted molar refractivity (Wildman–Crippen MR) is 75.2 cm³/mol. The summed E-state index contributed by atoms with van der Waals surface area (Å²) >= 11 is 0. The molecule has 0 aliphatic carbocycles. The molecule has 1 aromatic rings. The van der Waals surface area contributed by atoms with Crippen LogP contribution in [0.4, 0.5) is 13.2 Å². The maximum Gasteiger partial charge on any atom is 0.490 e. The predicted octanol–water partition coefficient (Wildman–Crippen LogP) is 1.55. The van der Waals surface area contributed by atoms with Gasteiger partial charge in [-0.1, -0.05) is 0 Å². The van der Waals surface area contributed by atoms with Crippen LogP contribution in [0, 0.1) is 0 Å². The number of nitrogens with one attached hydrogen (secondary N) is 1. The van der Waals surface area contributed by atoms with E-state index in [4.69, 9.17) is 20.4 Å². The molecule has 0 unspecified atom stereocenters. The first-order valence-electron chi connectivity index (χ1n) is 6.77. The van der Waals surface area contributed by atoms with Crippen molar-refractivity contribution in [3.05, 3.63) is 29.8 Å². The Balaban J connectivity index is 0.000000322. The van der Waals surface area contributed by atoms with E-state index in [0.717, 1.165) is 31.7 Å². The minimum absolute atomic E-state index is 0.278. The lowest BCUT2D eigenvalue weighted by Crippen LogP contribution is -2.34. The number of carboxylic acid groups (broad SMARTS) is 1. The van der Waals surface area contributed by atoms with Crippen LogP contribution in [0.15, 0.2) is 24.3 Å². The third kappa shape index (κ3) is 7.00. The monoisotopic (exact) mass is 334 g/mol. The van der Waals surface area contributed by atoms with Gasteiger partial charge in [0.15, 0.2) is 0 Å². The zero-order chi connectivity index (χ0) is 17.5. The normalized spacial score (nSPS) is 15.3. The number of piperidine rings is 1. The maximum absolute atomic E-state index is 10.9. The van der Waals surface area contributed by atoms with E-state index in [1.807, 2.05) is 0 Å². The van der Waals surface area contributed by atoms with Crippen LogP contribution in [0.5, 0.6) is 5.75 Å². The smallest absolute Gasteiger partial charge is 0.490 e. The lowest BCUT2D eigenvalue weighted by Gasteiger charge is -2.23.